The Labute approximate surface area is 385 Å². The quantitative estimate of drug-likeness (QED) is 0.0742. The third-order valence-corrected chi connectivity index (χ3v) is 13.7. The van der Waals surface area contributed by atoms with Crippen LogP contribution < -0.4 is 29.4 Å². The monoisotopic (exact) mass is 914 g/mol. The highest BCUT2D eigenvalue weighted by atomic mass is 35.5. The molecule has 0 unspecified atom stereocenters. The van der Waals surface area contributed by atoms with Gasteiger partial charge < -0.3 is 24.2 Å². The van der Waals surface area contributed by atoms with Gasteiger partial charge in [0.2, 0.25) is 11.8 Å². The van der Waals surface area contributed by atoms with Crippen LogP contribution in [0.15, 0.2) is 125 Å². The zero-order valence-corrected chi connectivity index (χ0v) is 37.5. The Morgan fingerprint density at radius 3 is 2.03 bits per heavy atom. The fourth-order valence-electron chi connectivity index (χ4n) is 10.2. The van der Waals surface area contributed by atoms with Gasteiger partial charge in [-0.05, 0) is 103 Å². The van der Waals surface area contributed by atoms with Crippen LogP contribution in [0.5, 0.6) is 23.0 Å². The molecule has 5 aromatic carbocycles. The lowest BCUT2D eigenvalue weighted by Gasteiger charge is -2.50. The molecule has 9 rings (SSSR count). The molecule has 4 amide bonds. The maximum absolute atomic E-state index is 15.7. The average molecular weight is 916 g/mol. The Hall–Kier alpha value is -6.90. The van der Waals surface area contributed by atoms with Crippen LogP contribution in [0.3, 0.4) is 0 Å². The molecule has 2 aliphatic heterocycles. The number of carbonyl (C=O) groups is 4. The van der Waals surface area contributed by atoms with Crippen molar-refractivity contribution in [1.29, 1.82) is 0 Å². The van der Waals surface area contributed by atoms with Crippen molar-refractivity contribution in [1.82, 2.24) is 5.01 Å². The van der Waals surface area contributed by atoms with Crippen LogP contribution in [-0.4, -0.2) is 69.2 Å². The molecule has 0 bridgehead atoms. The Balaban J connectivity index is 1.15. The van der Waals surface area contributed by atoms with Crippen molar-refractivity contribution in [3.63, 3.8) is 0 Å². The number of nitrogens with one attached hydrogen (secondary N) is 1. The van der Waals surface area contributed by atoms with Crippen molar-refractivity contribution in [3.05, 3.63) is 136 Å². The van der Waals surface area contributed by atoms with Crippen LogP contribution in [0, 0.1) is 23.7 Å². The first-order valence-electron chi connectivity index (χ1n) is 20.9. The van der Waals surface area contributed by atoms with Crippen LogP contribution in [0.4, 0.5) is 28.4 Å². The summed E-state index contributed by atoms with van der Waals surface area (Å²) >= 11 is 12.8. The predicted octanol–water partition coefficient (Wildman–Crippen LogP) is 9.40. The van der Waals surface area contributed by atoms with Gasteiger partial charge in [-0.1, -0.05) is 47.0 Å². The lowest BCUT2D eigenvalue weighted by molar-refractivity contribution is -0.138. The Kier molecular flexibility index (Phi) is 11.3. The second-order valence-corrected chi connectivity index (χ2v) is 17.5. The highest BCUT2D eigenvalue weighted by molar-refractivity contribution is 6.36. The first-order valence-corrected chi connectivity index (χ1v) is 21.6. The number of hydrogen-bond acceptors (Lipinski definition) is 12. The van der Waals surface area contributed by atoms with E-state index in [2.05, 4.69) is 15.7 Å². The molecule has 3 fully saturated rings. The van der Waals surface area contributed by atoms with Crippen molar-refractivity contribution < 1.29 is 38.5 Å². The van der Waals surface area contributed by atoms with E-state index in [-0.39, 0.29) is 52.3 Å². The van der Waals surface area contributed by atoms with Gasteiger partial charge in [0, 0.05) is 48.4 Å². The summed E-state index contributed by atoms with van der Waals surface area (Å²) < 4.78 is 17.0. The molecule has 2 heterocycles. The van der Waals surface area contributed by atoms with E-state index < -0.39 is 52.7 Å². The van der Waals surface area contributed by atoms with Crippen LogP contribution in [0.25, 0.3) is 0 Å². The number of phenols is 1. The number of phenolic OH excluding ortho intramolecular Hbond substituents is 1. The lowest BCUT2D eigenvalue weighted by Crippen LogP contribution is -2.53. The summed E-state index contributed by atoms with van der Waals surface area (Å²) in [6, 6.07) is 28.8. The number of nitrogens with zero attached hydrogens (tertiary/aromatic N) is 5. The van der Waals surface area contributed by atoms with E-state index in [9.17, 15) is 14.7 Å². The number of ether oxygens (including phenoxy) is 3. The Bertz CT molecular complexity index is 2800. The van der Waals surface area contributed by atoms with Gasteiger partial charge in [-0.25, -0.2) is 0 Å². The number of hydrazine groups is 1. The molecule has 2 saturated heterocycles. The Morgan fingerprint density at radius 2 is 1.42 bits per heavy atom. The smallest absolute Gasteiger partial charge is 0.260 e. The van der Waals surface area contributed by atoms with Gasteiger partial charge in [-0.2, -0.15) is 15.2 Å². The predicted molar refractivity (Wildman–Crippen MR) is 246 cm³/mol. The summed E-state index contributed by atoms with van der Waals surface area (Å²) in [5.74, 6) is -5.97. The molecule has 4 aliphatic rings. The van der Waals surface area contributed by atoms with Gasteiger partial charge in [0.15, 0.2) is 0 Å². The van der Waals surface area contributed by atoms with Gasteiger partial charge in [0.1, 0.15) is 23.0 Å². The number of amides is 4. The fraction of sp³-hybridized carbons (Fsp3) is 0.265. The normalized spacial score (nSPS) is 23.6. The van der Waals surface area contributed by atoms with Gasteiger partial charge in [-0.3, -0.25) is 29.5 Å². The fourth-order valence-corrected chi connectivity index (χ4v) is 10.6. The number of allylic oxidation sites excluding steroid dienone is 2. The summed E-state index contributed by atoms with van der Waals surface area (Å²) in [6.45, 7) is 0. The number of aromatic hydroxyl groups is 1. The number of hydrogen-bond donors (Lipinski definition) is 2. The van der Waals surface area contributed by atoms with E-state index in [1.165, 1.54) is 38.4 Å². The van der Waals surface area contributed by atoms with Gasteiger partial charge in [-0.15, -0.1) is 0 Å². The second kappa shape index (κ2) is 16.9. The first-order chi connectivity index (χ1) is 31.3. The summed E-state index contributed by atoms with van der Waals surface area (Å²) in [6.07, 6.45) is 2.06. The number of azo groups is 1. The largest absolute Gasteiger partial charge is 0.507 e. The summed E-state index contributed by atoms with van der Waals surface area (Å²) in [4.78, 5) is 63.5. The maximum Gasteiger partial charge on any atom is 0.260 e. The molecule has 5 aromatic rings. The molecular weight excluding hydrogens is 871 g/mol. The number of halogens is 2. The third kappa shape index (κ3) is 7.11. The van der Waals surface area contributed by atoms with Crippen LogP contribution in [0.2, 0.25) is 10.0 Å². The number of anilines is 3. The zero-order valence-electron chi connectivity index (χ0n) is 36.0. The van der Waals surface area contributed by atoms with Crippen molar-refractivity contribution in [2.45, 2.75) is 24.2 Å². The van der Waals surface area contributed by atoms with Crippen molar-refractivity contribution in [2.24, 2.45) is 33.9 Å². The molecule has 2 N–H and O–H groups in total. The molecule has 1 saturated carbocycles. The topological polar surface area (TPSA) is 163 Å². The number of benzene rings is 5. The highest BCUT2D eigenvalue weighted by Gasteiger charge is 2.71. The molecular formula is C49H44Cl2N6O8. The third-order valence-electron chi connectivity index (χ3n) is 13.2. The van der Waals surface area contributed by atoms with E-state index in [4.69, 9.17) is 37.4 Å². The lowest BCUT2D eigenvalue weighted by atomic mass is 9.49. The number of fused-ring (bicyclic) bond motifs is 4. The van der Waals surface area contributed by atoms with E-state index in [0.717, 1.165) is 10.7 Å². The number of rotatable bonds is 11. The zero-order chi connectivity index (χ0) is 45.9. The van der Waals surface area contributed by atoms with Gasteiger partial charge >= 0.3 is 0 Å². The van der Waals surface area contributed by atoms with Crippen molar-refractivity contribution in [3.8, 4) is 23.0 Å². The second-order valence-electron chi connectivity index (χ2n) is 16.6. The summed E-state index contributed by atoms with van der Waals surface area (Å²) in [5, 5.41) is 22.3. The molecule has 16 heteroatoms. The molecule has 0 spiro atoms. The minimum atomic E-state index is -1.74. The summed E-state index contributed by atoms with van der Waals surface area (Å²) in [5.41, 5.74) is 5.34. The van der Waals surface area contributed by atoms with Crippen LogP contribution >= 0.6 is 23.2 Å². The molecule has 332 valence electrons. The number of carbonyl (C=O) groups excluding carboxylic acids is 4. The van der Waals surface area contributed by atoms with Crippen LogP contribution in [-0.2, 0) is 24.6 Å². The van der Waals surface area contributed by atoms with Gasteiger partial charge in [0.25, 0.3) is 11.8 Å². The average Bonchev–Trinajstić information content (AvgIpc) is 3.69. The van der Waals surface area contributed by atoms with Crippen molar-refractivity contribution >= 4 is 75.3 Å². The highest BCUT2D eigenvalue weighted by Crippen LogP contribution is 2.66. The first kappa shape index (κ1) is 43.4. The summed E-state index contributed by atoms with van der Waals surface area (Å²) in [7, 11) is 8.32. The molecule has 6 atom stereocenters. The van der Waals surface area contributed by atoms with Crippen molar-refractivity contribution in [2.75, 3.05) is 50.7 Å². The van der Waals surface area contributed by atoms with Crippen LogP contribution in [0.1, 0.15) is 29.9 Å². The molecule has 65 heavy (non-hydrogen) atoms. The molecule has 0 aromatic heterocycles. The van der Waals surface area contributed by atoms with Gasteiger partial charge in [0.05, 0.1) is 72.3 Å². The number of methoxy groups -OCH3 is 3. The van der Waals surface area contributed by atoms with E-state index >= 15 is 9.59 Å². The maximum atomic E-state index is 15.7. The molecule has 2 aliphatic carbocycles. The number of imide groups is 2. The standard InChI is InChI=1S/C49H44Cl2N6O8/c1-55(2)30-13-9-28(10-14-30)52-53-29-11-15-31(16-12-29)56-45(59)35-20-19-34-36(42(35)47(56)61)25-37-46(60)57(54-39-21-8-27(50)22-38(39)51)48(62)49(37,26-6-17-32(63-3)18-7-26)44(34)43-40(58)23-33(64-4)24-41(43)65-5/h6-19,21-24,35-37,42,44,54,58H,20,25H2,1-5H3/t35-,36+,37-,42-,44+,49+/m0/s1. The minimum Gasteiger partial charge on any atom is -0.507 e. The van der Waals surface area contributed by atoms with E-state index in [0.29, 0.717) is 39.0 Å². The molecule has 0 radical (unpaired) electrons. The van der Waals surface area contributed by atoms with E-state index in [1.54, 1.807) is 66.7 Å². The van der Waals surface area contributed by atoms with E-state index in [1.807, 2.05) is 49.3 Å². The minimum absolute atomic E-state index is 0.00751. The Morgan fingerprint density at radius 1 is 0.754 bits per heavy atom. The molecule has 14 nitrogen and oxygen atoms in total. The SMILES string of the molecule is COc1ccc([C@@]23C(=O)N(Nc4ccc(Cl)cc4Cl)C(=O)[C@@H]2C[C@@H]2C(=CC[C@@H]4C(=O)N(c5ccc(N=Nc6ccc(N(C)C)cc6)cc5)C(=O)[C@@H]42)[C@@H]3c2c(O)cc(OC)cc2OC)cc1.